The molecule has 0 aliphatic heterocycles. The highest BCUT2D eigenvalue weighted by molar-refractivity contribution is 5.82. The molecule has 2 atom stereocenters. The Balaban J connectivity index is 2.69. The van der Waals surface area contributed by atoms with Crippen molar-refractivity contribution < 1.29 is 19.0 Å². The molecular formula is C17H24O4. The third-order valence-electron chi connectivity index (χ3n) is 3.57. The zero-order chi connectivity index (χ0) is 15.7. The van der Waals surface area contributed by atoms with Gasteiger partial charge < -0.3 is 14.2 Å². The average Bonchev–Trinajstić information content (AvgIpc) is 2.53. The number of aryl methyl sites for hydroxylation is 1. The highest BCUT2D eigenvalue weighted by atomic mass is 16.5. The maximum absolute atomic E-state index is 11.4. The number of methoxy groups -OCH3 is 3. The summed E-state index contributed by atoms with van der Waals surface area (Å²) >= 11 is 0. The molecule has 0 bridgehead atoms. The van der Waals surface area contributed by atoms with Gasteiger partial charge in [-0.25, -0.2) is 4.79 Å². The average molecular weight is 292 g/mol. The van der Waals surface area contributed by atoms with Gasteiger partial charge in [0.25, 0.3) is 0 Å². The van der Waals surface area contributed by atoms with E-state index in [1.165, 1.54) is 18.7 Å². The van der Waals surface area contributed by atoms with Gasteiger partial charge in [-0.2, -0.15) is 0 Å². The first-order valence-corrected chi connectivity index (χ1v) is 7.02. The smallest absolute Gasteiger partial charge is 0.333 e. The number of ether oxygens (including phenoxy) is 3. The first-order valence-electron chi connectivity index (χ1n) is 7.02. The maximum atomic E-state index is 11.4. The Morgan fingerprint density at radius 1 is 1.14 bits per heavy atom. The van der Waals surface area contributed by atoms with Gasteiger partial charge in [0.15, 0.2) is 0 Å². The van der Waals surface area contributed by atoms with Crippen LogP contribution in [-0.2, 0) is 25.4 Å². The second-order valence-corrected chi connectivity index (χ2v) is 4.86. The lowest BCUT2D eigenvalue weighted by Gasteiger charge is -2.24. The second kappa shape index (κ2) is 9.19. The Hall–Kier alpha value is -1.81. The van der Waals surface area contributed by atoms with Gasteiger partial charge in [-0.15, -0.1) is 0 Å². The van der Waals surface area contributed by atoms with E-state index in [1.54, 1.807) is 14.2 Å². The summed E-state index contributed by atoms with van der Waals surface area (Å²) in [5, 5.41) is 0. The number of carbonyl (C=O) groups excluding carboxylic acids is 1. The van der Waals surface area contributed by atoms with Crippen LogP contribution in [0.25, 0.3) is 0 Å². The van der Waals surface area contributed by atoms with Crippen LogP contribution in [0, 0.1) is 5.92 Å². The molecular weight excluding hydrogens is 268 g/mol. The summed E-state index contributed by atoms with van der Waals surface area (Å²) in [7, 11) is 4.58. The summed E-state index contributed by atoms with van der Waals surface area (Å²) in [4.78, 5) is 11.4. The molecule has 0 fully saturated rings. The number of benzene rings is 1. The van der Waals surface area contributed by atoms with E-state index in [4.69, 9.17) is 9.47 Å². The van der Waals surface area contributed by atoms with Crippen LogP contribution in [-0.4, -0.2) is 33.4 Å². The molecule has 0 N–H and O–H groups in total. The van der Waals surface area contributed by atoms with Crippen molar-refractivity contribution in [1.82, 2.24) is 0 Å². The Kier molecular flexibility index (Phi) is 7.54. The Labute approximate surface area is 126 Å². The molecule has 0 saturated carbocycles. The fourth-order valence-corrected chi connectivity index (χ4v) is 2.26. The lowest BCUT2D eigenvalue weighted by atomic mass is 9.95. The molecule has 4 nitrogen and oxygen atoms in total. The molecule has 0 aliphatic carbocycles. The van der Waals surface area contributed by atoms with Crippen molar-refractivity contribution in [2.24, 2.45) is 5.92 Å². The highest BCUT2D eigenvalue weighted by Gasteiger charge is 2.22. The number of esters is 1. The molecule has 0 heterocycles. The summed E-state index contributed by atoms with van der Waals surface area (Å²) in [6, 6.07) is 10.2. The maximum Gasteiger partial charge on any atom is 0.333 e. The highest BCUT2D eigenvalue weighted by Crippen LogP contribution is 2.22. The van der Waals surface area contributed by atoms with Crippen LogP contribution >= 0.6 is 0 Å². The predicted molar refractivity (Wildman–Crippen MR) is 81.8 cm³/mol. The lowest BCUT2D eigenvalue weighted by Crippen LogP contribution is -2.24. The summed E-state index contributed by atoms with van der Waals surface area (Å²) < 4.78 is 15.5. The van der Waals surface area contributed by atoms with Crippen molar-refractivity contribution in [3.63, 3.8) is 0 Å². The van der Waals surface area contributed by atoms with Gasteiger partial charge in [-0.05, 0) is 18.4 Å². The van der Waals surface area contributed by atoms with Crippen LogP contribution in [0.5, 0.6) is 0 Å². The van der Waals surface area contributed by atoms with E-state index < -0.39 is 5.97 Å². The van der Waals surface area contributed by atoms with E-state index in [2.05, 4.69) is 16.9 Å². The largest absolute Gasteiger partial charge is 0.500 e. The molecule has 1 aromatic carbocycles. The number of carbonyl (C=O) groups is 1. The minimum Gasteiger partial charge on any atom is -0.500 e. The molecule has 0 saturated heterocycles. The van der Waals surface area contributed by atoms with Crippen molar-refractivity contribution in [3.05, 3.63) is 47.7 Å². The molecule has 0 aliphatic rings. The quantitative estimate of drug-likeness (QED) is 0.420. The molecule has 2 unspecified atom stereocenters. The van der Waals surface area contributed by atoms with E-state index in [1.807, 2.05) is 25.1 Å². The van der Waals surface area contributed by atoms with Crippen LogP contribution < -0.4 is 0 Å². The number of hydrogen-bond acceptors (Lipinski definition) is 4. The first-order chi connectivity index (χ1) is 10.1. The van der Waals surface area contributed by atoms with E-state index in [0.717, 1.165) is 12.8 Å². The summed E-state index contributed by atoms with van der Waals surface area (Å²) in [5.41, 5.74) is 1.27. The molecule has 0 spiro atoms. The molecule has 116 valence electrons. The SMILES string of the molecule is COC(=O)/C=C(/OC)C(C)C(CCc1ccccc1)OC. The standard InChI is InChI=1S/C17H24O4/c1-13(16(20-3)12-17(18)21-4)15(19-2)11-10-14-8-6-5-7-9-14/h5-9,12-13,15H,10-11H2,1-4H3/b16-12+. The zero-order valence-electron chi connectivity index (χ0n) is 13.2. The first kappa shape index (κ1) is 17.2. The normalized spacial score (nSPS) is 14.4. The van der Waals surface area contributed by atoms with Crippen LogP contribution in [0.15, 0.2) is 42.2 Å². The third kappa shape index (κ3) is 5.60. The minimum atomic E-state index is -0.420. The van der Waals surface area contributed by atoms with Crippen LogP contribution in [0.2, 0.25) is 0 Å². The molecule has 0 aromatic heterocycles. The van der Waals surface area contributed by atoms with E-state index in [9.17, 15) is 4.79 Å². The van der Waals surface area contributed by atoms with E-state index in [-0.39, 0.29) is 12.0 Å². The fraction of sp³-hybridized carbons (Fsp3) is 0.471. The van der Waals surface area contributed by atoms with Gasteiger partial charge >= 0.3 is 5.97 Å². The van der Waals surface area contributed by atoms with E-state index >= 15 is 0 Å². The number of rotatable bonds is 8. The van der Waals surface area contributed by atoms with E-state index in [0.29, 0.717) is 5.76 Å². The van der Waals surface area contributed by atoms with Crippen molar-refractivity contribution >= 4 is 5.97 Å². The molecule has 21 heavy (non-hydrogen) atoms. The molecule has 1 aromatic rings. The second-order valence-electron chi connectivity index (χ2n) is 4.86. The Bertz CT molecular complexity index is 453. The molecule has 1 rings (SSSR count). The van der Waals surface area contributed by atoms with Gasteiger partial charge in [0.05, 0.1) is 26.4 Å². The summed E-state index contributed by atoms with van der Waals surface area (Å²) in [5.74, 6) is 0.126. The topological polar surface area (TPSA) is 44.8 Å². The van der Waals surface area contributed by atoms with Gasteiger partial charge in [0, 0.05) is 13.0 Å². The van der Waals surface area contributed by atoms with Crippen LogP contribution in [0.4, 0.5) is 0 Å². The van der Waals surface area contributed by atoms with Gasteiger partial charge in [0.1, 0.15) is 5.76 Å². The van der Waals surface area contributed by atoms with Crippen molar-refractivity contribution in [2.45, 2.75) is 25.9 Å². The van der Waals surface area contributed by atoms with Crippen molar-refractivity contribution in [2.75, 3.05) is 21.3 Å². The molecule has 0 amide bonds. The van der Waals surface area contributed by atoms with Crippen molar-refractivity contribution in [3.8, 4) is 0 Å². The lowest BCUT2D eigenvalue weighted by molar-refractivity contribution is -0.135. The van der Waals surface area contributed by atoms with Crippen molar-refractivity contribution in [1.29, 1.82) is 0 Å². The van der Waals surface area contributed by atoms with Gasteiger partial charge in [0.2, 0.25) is 0 Å². The Morgan fingerprint density at radius 3 is 2.33 bits per heavy atom. The fourth-order valence-electron chi connectivity index (χ4n) is 2.26. The number of hydrogen-bond donors (Lipinski definition) is 0. The third-order valence-corrected chi connectivity index (χ3v) is 3.57. The summed E-state index contributed by atoms with van der Waals surface area (Å²) in [6.07, 6.45) is 3.11. The monoisotopic (exact) mass is 292 g/mol. The molecule has 4 heteroatoms. The van der Waals surface area contributed by atoms with Gasteiger partial charge in [-0.1, -0.05) is 37.3 Å². The molecule has 0 radical (unpaired) electrons. The zero-order valence-corrected chi connectivity index (χ0v) is 13.2. The van der Waals surface area contributed by atoms with Crippen LogP contribution in [0.3, 0.4) is 0 Å². The summed E-state index contributed by atoms with van der Waals surface area (Å²) in [6.45, 7) is 1.98. The minimum absolute atomic E-state index is 0.0252. The Morgan fingerprint density at radius 2 is 1.81 bits per heavy atom. The van der Waals surface area contributed by atoms with Crippen LogP contribution in [0.1, 0.15) is 18.9 Å². The van der Waals surface area contributed by atoms with Gasteiger partial charge in [-0.3, -0.25) is 0 Å². The predicted octanol–water partition coefficient (Wildman–Crippen LogP) is 2.97.